The first-order valence-corrected chi connectivity index (χ1v) is 9.39. The van der Waals surface area contributed by atoms with E-state index in [9.17, 15) is 14.7 Å². The number of ether oxygens (including phenoxy) is 2. The fourth-order valence-electron chi connectivity index (χ4n) is 3.49. The normalized spacial score (nSPS) is 23.0. The molecule has 27 heavy (non-hydrogen) atoms. The van der Waals surface area contributed by atoms with Crippen LogP contribution in [0.2, 0.25) is 0 Å². The lowest BCUT2D eigenvalue weighted by molar-refractivity contribution is -0.141. The number of carbonyl (C=O) groups excluding carboxylic acids is 2. The van der Waals surface area contributed by atoms with E-state index < -0.39 is 12.1 Å². The topological polar surface area (TPSA) is 100 Å². The Kier molecular flexibility index (Phi) is 6.18. The van der Waals surface area contributed by atoms with Gasteiger partial charge in [-0.2, -0.15) is 0 Å². The van der Waals surface area contributed by atoms with E-state index in [1.165, 1.54) is 0 Å². The lowest BCUT2D eigenvalue weighted by Crippen LogP contribution is -2.46. The Hall–Kier alpha value is -2.32. The summed E-state index contributed by atoms with van der Waals surface area (Å²) in [5.74, 6) is -0.451. The molecule has 2 aliphatic heterocycles. The van der Waals surface area contributed by atoms with Crippen molar-refractivity contribution in [1.82, 2.24) is 10.2 Å². The maximum atomic E-state index is 12.3. The summed E-state index contributed by atoms with van der Waals surface area (Å²) in [6.07, 6.45) is 0.199. The highest BCUT2D eigenvalue weighted by Crippen LogP contribution is 2.39. The zero-order valence-electron chi connectivity index (χ0n) is 15.7. The Morgan fingerprint density at radius 1 is 1.41 bits per heavy atom. The minimum atomic E-state index is -0.493. The van der Waals surface area contributed by atoms with E-state index in [0.29, 0.717) is 19.7 Å². The van der Waals surface area contributed by atoms with Gasteiger partial charge in [0.05, 0.1) is 31.5 Å². The first kappa shape index (κ1) is 19.4. The highest BCUT2D eigenvalue weighted by Gasteiger charge is 2.36. The maximum absolute atomic E-state index is 12.3. The number of benzene rings is 1. The molecule has 8 heteroatoms. The number of fused-ring (bicyclic) bond motifs is 4. The largest absolute Gasteiger partial charge is 0.465 e. The van der Waals surface area contributed by atoms with E-state index in [4.69, 9.17) is 9.47 Å². The number of hydrogen-bond acceptors (Lipinski definition) is 6. The molecule has 0 radical (unpaired) electrons. The number of aliphatic hydroxyl groups excluding tert-OH is 1. The smallest absolute Gasteiger partial charge is 0.325 e. The molecule has 0 unspecified atom stereocenters. The van der Waals surface area contributed by atoms with Gasteiger partial charge in [0.2, 0.25) is 0 Å². The number of aliphatic hydroxyl groups is 1. The summed E-state index contributed by atoms with van der Waals surface area (Å²) in [6.45, 7) is 5.02. The van der Waals surface area contributed by atoms with Crippen molar-refractivity contribution in [1.29, 1.82) is 0 Å². The van der Waals surface area contributed by atoms with Gasteiger partial charge in [0, 0.05) is 30.8 Å². The van der Waals surface area contributed by atoms with Crippen LogP contribution in [0.5, 0.6) is 0 Å². The summed E-state index contributed by atoms with van der Waals surface area (Å²) >= 11 is 0. The average molecular weight is 377 g/mol. The first-order chi connectivity index (χ1) is 13.0. The molecule has 1 aromatic carbocycles. The Balaban J connectivity index is 1.64. The van der Waals surface area contributed by atoms with Gasteiger partial charge in [0.1, 0.15) is 6.54 Å². The van der Waals surface area contributed by atoms with E-state index in [2.05, 4.69) is 10.6 Å². The molecule has 1 fully saturated rings. The molecule has 2 bridgehead atoms. The molecular formula is C19H27N3O5. The van der Waals surface area contributed by atoms with Crippen LogP contribution in [0.25, 0.3) is 0 Å². The quantitative estimate of drug-likeness (QED) is 0.648. The van der Waals surface area contributed by atoms with Crippen LogP contribution in [0.3, 0.4) is 0 Å². The number of hydrogen-bond donors (Lipinski definition) is 3. The number of urea groups is 1. The third-order valence-corrected chi connectivity index (χ3v) is 4.94. The molecule has 1 saturated heterocycles. The van der Waals surface area contributed by atoms with E-state index >= 15 is 0 Å². The van der Waals surface area contributed by atoms with Crippen LogP contribution in [0.1, 0.15) is 37.5 Å². The van der Waals surface area contributed by atoms with Gasteiger partial charge in [0.15, 0.2) is 0 Å². The van der Waals surface area contributed by atoms with Gasteiger partial charge in [-0.05, 0) is 31.5 Å². The fourth-order valence-corrected chi connectivity index (χ4v) is 3.49. The number of nitrogens with one attached hydrogen (secondary N) is 2. The predicted octanol–water partition coefficient (Wildman–Crippen LogP) is 1.40. The molecule has 0 saturated carbocycles. The second kappa shape index (κ2) is 8.58. The van der Waals surface area contributed by atoms with Crippen LogP contribution in [-0.2, 0) is 20.8 Å². The van der Waals surface area contributed by atoms with Crippen molar-refractivity contribution < 1.29 is 24.2 Å². The number of nitrogens with zero attached hydrogens (tertiary/aromatic N) is 1. The highest BCUT2D eigenvalue weighted by atomic mass is 16.5. The summed E-state index contributed by atoms with van der Waals surface area (Å²) in [5.41, 5.74) is 3.00. The van der Waals surface area contributed by atoms with Crippen LogP contribution in [-0.4, -0.2) is 60.5 Å². The number of carbonyl (C=O) groups is 2. The molecule has 1 aromatic rings. The van der Waals surface area contributed by atoms with Gasteiger partial charge in [-0.1, -0.05) is 6.07 Å². The third kappa shape index (κ3) is 4.51. The second-order valence-electron chi connectivity index (χ2n) is 6.78. The fraction of sp³-hybridized carbons (Fsp3) is 0.579. The Labute approximate surface area is 158 Å². The van der Waals surface area contributed by atoms with Crippen LogP contribution in [0, 0.1) is 0 Å². The summed E-state index contributed by atoms with van der Waals surface area (Å²) in [7, 11) is 0. The monoisotopic (exact) mass is 377 g/mol. The van der Waals surface area contributed by atoms with Gasteiger partial charge in [-0.3, -0.25) is 4.79 Å². The minimum Gasteiger partial charge on any atom is -0.465 e. The van der Waals surface area contributed by atoms with Crippen molar-refractivity contribution in [3.63, 3.8) is 0 Å². The zero-order chi connectivity index (χ0) is 19.4. The number of esters is 1. The average Bonchev–Trinajstić information content (AvgIpc) is 2.67. The SMILES string of the molecule is CCOC(=O)CNC(=O)N(CC)Cc1ccc2c(c1)[C@H]1C[C@H](N2)[C@H](O)CO1. The zero-order valence-corrected chi connectivity index (χ0v) is 15.7. The Morgan fingerprint density at radius 2 is 2.22 bits per heavy atom. The third-order valence-electron chi connectivity index (χ3n) is 4.94. The Morgan fingerprint density at radius 3 is 2.96 bits per heavy atom. The molecule has 8 nitrogen and oxygen atoms in total. The molecule has 3 rings (SSSR count). The van der Waals surface area contributed by atoms with E-state index in [-0.39, 0.29) is 31.3 Å². The first-order valence-electron chi connectivity index (χ1n) is 9.39. The molecule has 2 heterocycles. The van der Waals surface area contributed by atoms with E-state index in [1.807, 2.05) is 25.1 Å². The summed E-state index contributed by atoms with van der Waals surface area (Å²) < 4.78 is 10.6. The van der Waals surface area contributed by atoms with Crippen molar-refractivity contribution in [3.05, 3.63) is 29.3 Å². The molecule has 3 atom stereocenters. The van der Waals surface area contributed by atoms with E-state index in [1.54, 1.807) is 11.8 Å². The van der Waals surface area contributed by atoms with Crippen LogP contribution >= 0.6 is 0 Å². The summed E-state index contributed by atoms with van der Waals surface area (Å²) in [6, 6.07) is 5.68. The van der Waals surface area contributed by atoms with Gasteiger partial charge < -0.3 is 30.1 Å². The van der Waals surface area contributed by atoms with Crippen molar-refractivity contribution in [2.75, 3.05) is 31.6 Å². The van der Waals surface area contributed by atoms with Crippen LogP contribution in [0.4, 0.5) is 10.5 Å². The molecule has 0 aromatic heterocycles. The van der Waals surface area contributed by atoms with Crippen molar-refractivity contribution in [3.8, 4) is 0 Å². The Bertz CT molecular complexity index is 696. The predicted molar refractivity (Wildman–Crippen MR) is 99.3 cm³/mol. The lowest BCUT2D eigenvalue weighted by atomic mass is 9.89. The lowest BCUT2D eigenvalue weighted by Gasteiger charge is -2.40. The van der Waals surface area contributed by atoms with E-state index in [0.717, 1.165) is 23.2 Å². The molecular weight excluding hydrogens is 350 g/mol. The van der Waals surface area contributed by atoms with Gasteiger partial charge in [-0.15, -0.1) is 0 Å². The molecule has 148 valence electrons. The summed E-state index contributed by atoms with van der Waals surface area (Å²) in [5, 5.41) is 15.9. The number of amides is 2. The van der Waals surface area contributed by atoms with Crippen molar-refractivity contribution in [2.24, 2.45) is 0 Å². The molecule has 0 spiro atoms. The molecule has 3 N–H and O–H groups in total. The second-order valence-corrected chi connectivity index (χ2v) is 6.78. The molecule has 2 amide bonds. The van der Waals surface area contributed by atoms with Gasteiger partial charge >= 0.3 is 12.0 Å². The number of rotatable bonds is 6. The number of anilines is 1. The minimum absolute atomic E-state index is 0.0166. The van der Waals surface area contributed by atoms with Crippen LogP contribution < -0.4 is 10.6 Å². The maximum Gasteiger partial charge on any atom is 0.325 e. The molecule has 2 aliphatic rings. The van der Waals surface area contributed by atoms with Gasteiger partial charge in [-0.25, -0.2) is 4.79 Å². The molecule has 0 aliphatic carbocycles. The van der Waals surface area contributed by atoms with Crippen molar-refractivity contribution in [2.45, 2.75) is 45.1 Å². The van der Waals surface area contributed by atoms with Crippen LogP contribution in [0.15, 0.2) is 18.2 Å². The standard InChI is InChI=1S/C19H27N3O5/c1-3-22(19(25)20-9-18(24)26-4-2)10-12-5-6-14-13(7-12)17-8-15(21-14)16(23)11-27-17/h5-7,15-17,21,23H,3-4,8-11H2,1-2H3,(H,20,25)/t15-,16+,17+/m0/s1. The van der Waals surface area contributed by atoms with Crippen molar-refractivity contribution >= 4 is 17.7 Å². The highest BCUT2D eigenvalue weighted by molar-refractivity contribution is 5.80. The summed E-state index contributed by atoms with van der Waals surface area (Å²) in [4.78, 5) is 25.4. The van der Waals surface area contributed by atoms with Gasteiger partial charge in [0.25, 0.3) is 0 Å².